The molecule has 0 saturated carbocycles. The Labute approximate surface area is 146 Å². The Kier molecular flexibility index (Phi) is 9.80. The number of ether oxygens (including phenoxy) is 1. The summed E-state index contributed by atoms with van der Waals surface area (Å²) >= 11 is 0. The average molecular weight is 413 g/mol. The molecule has 6 heteroatoms. The summed E-state index contributed by atoms with van der Waals surface area (Å²) in [6, 6.07) is 0. The molecule has 1 rings (SSSR count). The maximum atomic E-state index is 9.44. The van der Waals surface area contributed by atoms with E-state index < -0.39 is 0 Å². The molecule has 3 N–H and O–H groups in total. The van der Waals surface area contributed by atoms with Crippen LogP contribution in [0.4, 0.5) is 0 Å². The van der Waals surface area contributed by atoms with Gasteiger partial charge in [-0.2, -0.15) is 0 Å². The molecule has 0 aromatic rings. The van der Waals surface area contributed by atoms with E-state index in [0.29, 0.717) is 6.54 Å². The number of rotatable bonds is 7. The molecule has 5 nitrogen and oxygen atoms in total. The molecule has 0 aliphatic carbocycles. The van der Waals surface area contributed by atoms with Crippen molar-refractivity contribution >= 4 is 29.9 Å². The third kappa shape index (κ3) is 7.15. The van der Waals surface area contributed by atoms with Crippen molar-refractivity contribution in [1.82, 2.24) is 10.6 Å². The summed E-state index contributed by atoms with van der Waals surface area (Å²) in [7, 11) is 0. The Morgan fingerprint density at radius 1 is 1.38 bits per heavy atom. The number of aliphatic hydroxyl groups is 1. The summed E-state index contributed by atoms with van der Waals surface area (Å²) in [5.41, 5.74) is -0.225. The SMILES string of the molecule is CCNC(=NCC(C)(CC)CO)NCC1(C)CCCO1.I. The van der Waals surface area contributed by atoms with Gasteiger partial charge in [-0.3, -0.25) is 4.99 Å². The lowest BCUT2D eigenvalue weighted by Gasteiger charge is -2.26. The molecular formula is C15H32IN3O2. The van der Waals surface area contributed by atoms with E-state index in [4.69, 9.17) is 4.74 Å². The smallest absolute Gasteiger partial charge is 0.191 e. The monoisotopic (exact) mass is 413 g/mol. The van der Waals surface area contributed by atoms with Crippen LogP contribution in [-0.2, 0) is 4.74 Å². The number of halogens is 1. The van der Waals surface area contributed by atoms with Crippen LogP contribution in [0.2, 0.25) is 0 Å². The van der Waals surface area contributed by atoms with Crippen molar-refractivity contribution in [3.8, 4) is 0 Å². The van der Waals surface area contributed by atoms with E-state index in [1.165, 1.54) is 0 Å². The third-order valence-corrected chi connectivity index (χ3v) is 4.13. The Morgan fingerprint density at radius 2 is 2.10 bits per heavy atom. The van der Waals surface area contributed by atoms with Crippen molar-refractivity contribution in [2.45, 2.75) is 52.6 Å². The maximum absolute atomic E-state index is 9.44. The highest BCUT2D eigenvalue weighted by molar-refractivity contribution is 14.0. The first-order valence-corrected chi connectivity index (χ1v) is 7.74. The Balaban J connectivity index is 0.00000400. The first-order chi connectivity index (χ1) is 9.47. The zero-order valence-corrected chi connectivity index (χ0v) is 16.2. The number of hydrogen-bond donors (Lipinski definition) is 3. The summed E-state index contributed by atoms with van der Waals surface area (Å²) in [6.45, 7) is 11.5. The van der Waals surface area contributed by atoms with Crippen LogP contribution < -0.4 is 10.6 Å². The summed E-state index contributed by atoms with van der Waals surface area (Å²) in [4.78, 5) is 4.60. The van der Waals surface area contributed by atoms with Crippen molar-refractivity contribution in [3.63, 3.8) is 0 Å². The summed E-state index contributed by atoms with van der Waals surface area (Å²) < 4.78 is 5.77. The highest BCUT2D eigenvalue weighted by Gasteiger charge is 2.29. The molecule has 0 radical (unpaired) electrons. The van der Waals surface area contributed by atoms with Crippen LogP contribution in [-0.4, -0.2) is 49.5 Å². The number of nitrogens with zero attached hydrogens (tertiary/aromatic N) is 1. The molecule has 1 saturated heterocycles. The number of hydrogen-bond acceptors (Lipinski definition) is 3. The van der Waals surface area contributed by atoms with Crippen LogP contribution in [0.3, 0.4) is 0 Å². The fraction of sp³-hybridized carbons (Fsp3) is 0.933. The molecule has 1 heterocycles. The first-order valence-electron chi connectivity index (χ1n) is 7.74. The van der Waals surface area contributed by atoms with E-state index in [1.54, 1.807) is 0 Å². The van der Waals surface area contributed by atoms with Gasteiger partial charge in [-0.15, -0.1) is 24.0 Å². The number of guanidine groups is 1. The number of aliphatic imine (C=N–C) groups is 1. The molecule has 0 aromatic carbocycles. The Hall–Kier alpha value is -0.0800. The standard InChI is InChI=1S/C15H31N3O2.HI/c1-5-14(3,12-19)10-17-13(16-6-2)18-11-15(4)8-7-9-20-15;/h19H,5-12H2,1-4H3,(H2,16,17,18);1H. The molecule has 0 aromatic heterocycles. The summed E-state index contributed by atoms with van der Waals surface area (Å²) in [5, 5.41) is 16.0. The van der Waals surface area contributed by atoms with Crippen LogP contribution in [0.25, 0.3) is 0 Å². The summed E-state index contributed by atoms with van der Waals surface area (Å²) in [6.07, 6.45) is 3.13. The molecule has 0 spiro atoms. The molecule has 126 valence electrons. The van der Waals surface area contributed by atoms with E-state index >= 15 is 0 Å². The Bertz CT molecular complexity index is 314. The fourth-order valence-corrected chi connectivity index (χ4v) is 2.13. The van der Waals surface area contributed by atoms with Crippen LogP contribution in [0.5, 0.6) is 0 Å². The zero-order valence-electron chi connectivity index (χ0n) is 13.9. The van der Waals surface area contributed by atoms with Gasteiger partial charge < -0.3 is 20.5 Å². The normalized spacial score (nSPS) is 25.1. The second-order valence-electron chi connectivity index (χ2n) is 6.27. The molecule has 1 fully saturated rings. The van der Waals surface area contributed by atoms with Crippen molar-refractivity contribution in [3.05, 3.63) is 0 Å². The van der Waals surface area contributed by atoms with Gasteiger partial charge in [0.15, 0.2) is 5.96 Å². The highest BCUT2D eigenvalue weighted by Crippen LogP contribution is 2.24. The predicted octanol–water partition coefficient (Wildman–Crippen LogP) is 2.14. The van der Waals surface area contributed by atoms with Gasteiger partial charge in [0, 0.05) is 25.1 Å². The van der Waals surface area contributed by atoms with Crippen molar-refractivity contribution in [2.24, 2.45) is 10.4 Å². The van der Waals surface area contributed by atoms with Gasteiger partial charge in [0.05, 0.1) is 18.8 Å². The molecule has 2 atom stereocenters. The largest absolute Gasteiger partial charge is 0.396 e. The van der Waals surface area contributed by atoms with Gasteiger partial charge in [0.2, 0.25) is 0 Å². The molecular weight excluding hydrogens is 381 g/mol. The maximum Gasteiger partial charge on any atom is 0.191 e. The fourth-order valence-electron chi connectivity index (χ4n) is 2.13. The minimum atomic E-state index is -0.143. The lowest BCUT2D eigenvalue weighted by Crippen LogP contribution is -2.46. The van der Waals surface area contributed by atoms with Gasteiger partial charge in [-0.05, 0) is 33.1 Å². The summed E-state index contributed by atoms with van der Waals surface area (Å²) in [5.74, 6) is 0.803. The van der Waals surface area contributed by atoms with Gasteiger partial charge in [-0.25, -0.2) is 0 Å². The minimum absolute atomic E-state index is 0. The van der Waals surface area contributed by atoms with Gasteiger partial charge in [0.25, 0.3) is 0 Å². The quantitative estimate of drug-likeness (QED) is 0.340. The number of nitrogens with one attached hydrogen (secondary N) is 2. The molecule has 2 unspecified atom stereocenters. The molecule has 0 amide bonds. The van der Waals surface area contributed by atoms with Crippen molar-refractivity contribution < 1.29 is 9.84 Å². The van der Waals surface area contributed by atoms with E-state index in [-0.39, 0.29) is 41.6 Å². The minimum Gasteiger partial charge on any atom is -0.396 e. The molecule has 1 aliphatic heterocycles. The second kappa shape index (κ2) is 9.84. The highest BCUT2D eigenvalue weighted by atomic mass is 127. The Morgan fingerprint density at radius 3 is 2.57 bits per heavy atom. The zero-order chi connectivity index (χ0) is 15.1. The molecule has 0 bridgehead atoms. The van der Waals surface area contributed by atoms with E-state index in [2.05, 4.69) is 43.3 Å². The van der Waals surface area contributed by atoms with E-state index in [9.17, 15) is 5.11 Å². The number of aliphatic hydroxyl groups excluding tert-OH is 1. The van der Waals surface area contributed by atoms with Gasteiger partial charge in [0.1, 0.15) is 0 Å². The van der Waals surface area contributed by atoms with Gasteiger partial charge >= 0.3 is 0 Å². The van der Waals surface area contributed by atoms with Gasteiger partial charge in [-0.1, -0.05) is 13.8 Å². The van der Waals surface area contributed by atoms with Crippen LogP contribution in [0, 0.1) is 5.41 Å². The lowest BCUT2D eigenvalue weighted by molar-refractivity contribution is 0.0242. The molecule has 21 heavy (non-hydrogen) atoms. The lowest BCUT2D eigenvalue weighted by atomic mass is 9.89. The van der Waals surface area contributed by atoms with Crippen molar-refractivity contribution in [1.29, 1.82) is 0 Å². The van der Waals surface area contributed by atoms with E-state index in [0.717, 1.165) is 44.9 Å². The first kappa shape index (κ1) is 20.9. The predicted molar refractivity (Wildman–Crippen MR) is 98.5 cm³/mol. The topological polar surface area (TPSA) is 65.9 Å². The molecule has 1 aliphatic rings. The van der Waals surface area contributed by atoms with Crippen LogP contribution in [0.15, 0.2) is 4.99 Å². The average Bonchev–Trinajstić information content (AvgIpc) is 2.89. The van der Waals surface area contributed by atoms with Crippen LogP contribution in [0.1, 0.15) is 47.0 Å². The second-order valence-corrected chi connectivity index (χ2v) is 6.27. The van der Waals surface area contributed by atoms with E-state index in [1.807, 2.05) is 0 Å². The third-order valence-electron chi connectivity index (χ3n) is 4.13. The van der Waals surface area contributed by atoms with Crippen molar-refractivity contribution in [2.75, 3.05) is 32.8 Å². The van der Waals surface area contributed by atoms with Crippen LogP contribution >= 0.6 is 24.0 Å².